The minimum atomic E-state index is -0.993. The largest absolute Gasteiger partial charge is 0.507 e. The molecule has 0 spiro atoms. The number of amides is 1. The van der Waals surface area contributed by atoms with Crippen LogP contribution in [0.2, 0.25) is 5.02 Å². The van der Waals surface area contributed by atoms with Gasteiger partial charge in [-0.15, -0.1) is 0 Å². The van der Waals surface area contributed by atoms with Crippen LogP contribution >= 0.6 is 11.6 Å². The maximum atomic E-state index is 13.2. The summed E-state index contributed by atoms with van der Waals surface area (Å²) in [5.41, 5.74) is 1.93. The molecule has 0 radical (unpaired) electrons. The lowest BCUT2D eigenvalue weighted by atomic mass is 9.98. The third-order valence-electron chi connectivity index (χ3n) is 5.52. The van der Waals surface area contributed by atoms with Gasteiger partial charge in [0.2, 0.25) is 5.95 Å². The summed E-state index contributed by atoms with van der Waals surface area (Å²) in [6.45, 7) is 2.18. The van der Waals surface area contributed by atoms with Gasteiger partial charge < -0.3 is 14.8 Å². The number of halogens is 1. The summed E-state index contributed by atoms with van der Waals surface area (Å²) >= 11 is 6.18. The maximum Gasteiger partial charge on any atom is 0.302 e. The van der Waals surface area contributed by atoms with E-state index in [1.807, 2.05) is 25.1 Å². The molecule has 0 bridgehead atoms. The van der Waals surface area contributed by atoms with Gasteiger partial charge in [-0.1, -0.05) is 29.8 Å². The molecule has 0 aliphatic carbocycles. The second kappa shape index (κ2) is 8.64. The summed E-state index contributed by atoms with van der Waals surface area (Å²) in [5.74, 6) is -1.49. The summed E-state index contributed by atoms with van der Waals surface area (Å²) in [7, 11) is 0. The first-order valence-electron chi connectivity index (χ1n) is 10.6. The molecule has 9 heteroatoms. The fourth-order valence-electron chi connectivity index (χ4n) is 3.99. The molecule has 2 aromatic heterocycles. The van der Waals surface area contributed by atoms with E-state index in [4.69, 9.17) is 16.3 Å². The molecule has 1 saturated heterocycles. The zero-order valence-electron chi connectivity index (χ0n) is 18.0. The number of H-pyrrole nitrogens is 1. The Morgan fingerprint density at radius 2 is 1.94 bits per heavy atom. The monoisotopic (exact) mass is 474 g/mol. The van der Waals surface area contributed by atoms with Crippen LogP contribution < -0.4 is 9.64 Å². The summed E-state index contributed by atoms with van der Waals surface area (Å²) in [6.07, 6.45) is 1.56. The van der Waals surface area contributed by atoms with Crippen molar-refractivity contribution in [3.63, 3.8) is 0 Å². The Kier molecular flexibility index (Phi) is 5.51. The van der Waals surface area contributed by atoms with E-state index in [1.54, 1.807) is 42.6 Å². The molecular formula is C25H19ClN4O4. The Morgan fingerprint density at radius 1 is 1.15 bits per heavy atom. The summed E-state index contributed by atoms with van der Waals surface area (Å²) in [4.78, 5) is 39.7. The number of carbonyl (C=O) groups is 2. The Morgan fingerprint density at radius 3 is 2.68 bits per heavy atom. The van der Waals surface area contributed by atoms with Crippen molar-refractivity contribution in [1.29, 1.82) is 0 Å². The molecule has 170 valence electrons. The SMILES string of the molecule is CCOc1cc(/C(O)=C2\C(=O)C(=O)N(c3nc4ccccc4[nH]3)C2c2ccccn2)ccc1Cl. The van der Waals surface area contributed by atoms with Crippen molar-refractivity contribution in [2.45, 2.75) is 13.0 Å². The number of aromatic nitrogens is 3. The molecule has 4 aromatic rings. The number of rotatable bonds is 5. The molecule has 5 rings (SSSR count). The maximum absolute atomic E-state index is 13.2. The molecule has 1 atom stereocenters. The molecule has 2 aromatic carbocycles. The van der Waals surface area contributed by atoms with Gasteiger partial charge in [0.15, 0.2) is 0 Å². The number of nitrogens with one attached hydrogen (secondary N) is 1. The van der Waals surface area contributed by atoms with Crippen LogP contribution in [0.25, 0.3) is 16.8 Å². The van der Waals surface area contributed by atoms with Crippen LogP contribution in [0.3, 0.4) is 0 Å². The third kappa shape index (κ3) is 3.58. The quantitative estimate of drug-likeness (QED) is 0.248. The molecule has 2 N–H and O–H groups in total. The number of ketones is 1. The zero-order chi connectivity index (χ0) is 23.8. The number of anilines is 1. The third-order valence-corrected chi connectivity index (χ3v) is 5.83. The van der Waals surface area contributed by atoms with Crippen molar-refractivity contribution < 1.29 is 19.4 Å². The Balaban J connectivity index is 1.71. The Labute approximate surface area is 199 Å². The molecule has 0 saturated carbocycles. The predicted octanol–water partition coefficient (Wildman–Crippen LogP) is 4.64. The molecule has 34 heavy (non-hydrogen) atoms. The number of imidazole rings is 1. The molecule has 8 nitrogen and oxygen atoms in total. The number of carbonyl (C=O) groups excluding carboxylic acids is 2. The highest BCUT2D eigenvalue weighted by Crippen LogP contribution is 2.41. The minimum absolute atomic E-state index is 0.103. The first-order chi connectivity index (χ1) is 16.5. The smallest absolute Gasteiger partial charge is 0.302 e. The van der Waals surface area contributed by atoms with Gasteiger partial charge in [-0.2, -0.15) is 0 Å². The summed E-state index contributed by atoms with van der Waals surface area (Å²) in [5, 5.41) is 11.6. The van der Waals surface area contributed by atoms with Gasteiger partial charge in [0.25, 0.3) is 5.78 Å². The van der Waals surface area contributed by atoms with Crippen molar-refractivity contribution in [2.75, 3.05) is 11.5 Å². The number of hydrogen-bond acceptors (Lipinski definition) is 6. The van der Waals surface area contributed by atoms with Crippen LogP contribution in [0.15, 0.2) is 72.4 Å². The van der Waals surface area contributed by atoms with Crippen molar-refractivity contribution >= 4 is 46.0 Å². The van der Waals surface area contributed by atoms with E-state index in [2.05, 4.69) is 15.0 Å². The van der Waals surface area contributed by atoms with E-state index in [1.165, 1.54) is 11.0 Å². The lowest BCUT2D eigenvalue weighted by Gasteiger charge is -2.22. The average molecular weight is 475 g/mol. The fraction of sp³-hybridized carbons (Fsp3) is 0.120. The molecule has 1 fully saturated rings. The number of aliphatic hydroxyl groups is 1. The van der Waals surface area contributed by atoms with Gasteiger partial charge >= 0.3 is 5.91 Å². The molecule has 1 unspecified atom stereocenters. The second-order valence-corrected chi connectivity index (χ2v) is 7.99. The van der Waals surface area contributed by atoms with E-state index in [9.17, 15) is 14.7 Å². The number of hydrogen-bond donors (Lipinski definition) is 2. The average Bonchev–Trinajstić information content (AvgIpc) is 3.39. The number of Topliss-reactive ketones (excluding diaryl/α,β-unsaturated/α-hetero) is 1. The van der Waals surface area contributed by atoms with Gasteiger partial charge in [0.1, 0.15) is 17.6 Å². The Bertz CT molecular complexity index is 1410. The van der Waals surface area contributed by atoms with Crippen LogP contribution in [-0.2, 0) is 9.59 Å². The van der Waals surface area contributed by atoms with Crippen molar-refractivity contribution in [3.05, 3.63) is 88.7 Å². The van der Waals surface area contributed by atoms with E-state index in [0.29, 0.717) is 34.1 Å². The molecule has 1 aliphatic heterocycles. The van der Waals surface area contributed by atoms with Crippen molar-refractivity contribution in [1.82, 2.24) is 15.0 Å². The van der Waals surface area contributed by atoms with E-state index < -0.39 is 17.7 Å². The number of fused-ring (bicyclic) bond motifs is 1. The van der Waals surface area contributed by atoms with Crippen molar-refractivity contribution in [2.24, 2.45) is 0 Å². The lowest BCUT2D eigenvalue weighted by Crippen LogP contribution is -2.30. The molecular weight excluding hydrogens is 456 g/mol. The number of aromatic amines is 1. The molecule has 3 heterocycles. The first kappa shape index (κ1) is 21.7. The molecule has 1 aliphatic rings. The van der Waals surface area contributed by atoms with Crippen LogP contribution in [0, 0.1) is 0 Å². The summed E-state index contributed by atoms with van der Waals surface area (Å²) < 4.78 is 5.52. The normalized spacial score (nSPS) is 17.5. The highest BCUT2D eigenvalue weighted by Gasteiger charge is 2.48. The standard InChI is InChI=1S/C25H19ClN4O4/c1-2-34-19-13-14(10-11-15(19)26)22(31)20-21(18-9-5-6-12-27-18)30(24(33)23(20)32)25-28-16-7-3-4-8-17(16)29-25/h3-13,21,31H,2H2,1H3,(H,28,29)/b22-20+. The Hall–Kier alpha value is -4.17. The number of para-hydroxylation sites is 2. The number of ether oxygens (including phenoxy) is 1. The van der Waals surface area contributed by atoms with Crippen LogP contribution in [0.4, 0.5) is 5.95 Å². The minimum Gasteiger partial charge on any atom is -0.507 e. The van der Waals surface area contributed by atoms with E-state index >= 15 is 0 Å². The van der Waals surface area contributed by atoms with Gasteiger partial charge in [0, 0.05) is 11.8 Å². The second-order valence-electron chi connectivity index (χ2n) is 7.58. The van der Waals surface area contributed by atoms with Gasteiger partial charge in [0.05, 0.1) is 33.9 Å². The van der Waals surface area contributed by atoms with Gasteiger partial charge in [-0.25, -0.2) is 4.98 Å². The number of benzene rings is 2. The number of nitrogens with zero attached hydrogens (tertiary/aromatic N) is 3. The highest BCUT2D eigenvalue weighted by atomic mass is 35.5. The van der Waals surface area contributed by atoms with Crippen LogP contribution in [0.5, 0.6) is 5.75 Å². The first-order valence-corrected chi connectivity index (χ1v) is 11.0. The van der Waals surface area contributed by atoms with E-state index in [0.717, 1.165) is 0 Å². The summed E-state index contributed by atoms with van der Waals surface area (Å²) in [6, 6.07) is 16.1. The number of aliphatic hydroxyl groups excluding tert-OH is 1. The lowest BCUT2D eigenvalue weighted by molar-refractivity contribution is -0.132. The van der Waals surface area contributed by atoms with Gasteiger partial charge in [-0.05, 0) is 49.4 Å². The highest BCUT2D eigenvalue weighted by molar-refractivity contribution is 6.51. The van der Waals surface area contributed by atoms with Crippen LogP contribution in [-0.4, -0.2) is 38.4 Å². The van der Waals surface area contributed by atoms with Crippen molar-refractivity contribution in [3.8, 4) is 5.75 Å². The fourth-order valence-corrected chi connectivity index (χ4v) is 4.17. The predicted molar refractivity (Wildman–Crippen MR) is 128 cm³/mol. The molecule has 1 amide bonds. The van der Waals surface area contributed by atoms with E-state index in [-0.39, 0.29) is 22.8 Å². The zero-order valence-corrected chi connectivity index (χ0v) is 18.8. The van der Waals surface area contributed by atoms with Gasteiger partial charge in [-0.3, -0.25) is 19.5 Å². The number of pyridine rings is 1. The topological polar surface area (TPSA) is 108 Å². The van der Waals surface area contributed by atoms with Crippen LogP contribution in [0.1, 0.15) is 24.2 Å².